The molecule has 0 unspecified atom stereocenters. The normalized spacial score (nSPS) is 55.5. The van der Waals surface area contributed by atoms with E-state index in [1.807, 2.05) is 0 Å². The molecule has 1 N–H and O–H groups in total. The Hall–Kier alpha value is -0.380. The van der Waals surface area contributed by atoms with Crippen molar-refractivity contribution in [3.8, 4) is 0 Å². The molecule has 6 rings (SSSR count). The molecule has 4 saturated carbocycles. The van der Waals surface area contributed by atoms with Crippen LogP contribution in [-0.4, -0.2) is 29.7 Å². The van der Waals surface area contributed by atoms with Crippen LogP contribution in [0.15, 0.2) is 11.6 Å². The highest BCUT2D eigenvalue weighted by Gasteiger charge is 2.65. The largest absolute Gasteiger partial charge is 0.393 e. The van der Waals surface area contributed by atoms with Crippen LogP contribution in [0.25, 0.3) is 0 Å². The first-order valence-corrected chi connectivity index (χ1v) is 13.1. The number of hydrogen-bond donors (Lipinski definition) is 1. The topological polar surface area (TPSA) is 38.7 Å². The van der Waals surface area contributed by atoms with Crippen LogP contribution in [0.3, 0.4) is 0 Å². The SMILES string of the molecule is C[C@@H]1[C@H](OC2CCCC2)O[C@@H]2C[C@@H]3[C@@H]4CC=C5C[C@H](O)CC[C@@]5(C)[C@H]4CC[C@@]3(C)[C@H]12. The van der Waals surface area contributed by atoms with Crippen molar-refractivity contribution in [3.05, 3.63) is 11.6 Å². The first-order chi connectivity index (χ1) is 14.4. The molecule has 5 aliphatic carbocycles. The molecule has 168 valence electrons. The number of aliphatic hydroxyl groups excluding tert-OH is 1. The van der Waals surface area contributed by atoms with E-state index in [-0.39, 0.29) is 12.4 Å². The van der Waals surface area contributed by atoms with E-state index in [1.54, 1.807) is 5.57 Å². The van der Waals surface area contributed by atoms with E-state index in [0.717, 1.165) is 30.6 Å². The van der Waals surface area contributed by atoms with Crippen molar-refractivity contribution in [1.82, 2.24) is 0 Å². The highest BCUT2D eigenvalue weighted by Crippen LogP contribution is 2.69. The lowest BCUT2D eigenvalue weighted by molar-refractivity contribution is -0.178. The maximum atomic E-state index is 10.2. The minimum absolute atomic E-state index is 0.0359. The highest BCUT2D eigenvalue weighted by atomic mass is 16.7. The van der Waals surface area contributed by atoms with Crippen LogP contribution in [0, 0.1) is 40.4 Å². The smallest absolute Gasteiger partial charge is 0.161 e. The molecule has 0 amide bonds. The molecule has 6 aliphatic rings. The Kier molecular flexibility index (Phi) is 4.76. The second kappa shape index (κ2) is 7.06. The number of rotatable bonds is 2. The predicted octanol–water partition coefficient (Wildman–Crippen LogP) is 5.86. The summed E-state index contributed by atoms with van der Waals surface area (Å²) >= 11 is 0. The lowest BCUT2D eigenvalue weighted by Gasteiger charge is -2.58. The molecule has 1 aliphatic heterocycles. The van der Waals surface area contributed by atoms with E-state index in [9.17, 15) is 5.11 Å². The summed E-state index contributed by atoms with van der Waals surface area (Å²) in [5.74, 6) is 3.60. The molecule has 0 radical (unpaired) electrons. The van der Waals surface area contributed by atoms with Gasteiger partial charge in [0.15, 0.2) is 6.29 Å². The Labute approximate surface area is 183 Å². The molecule has 0 bridgehead atoms. The lowest BCUT2D eigenvalue weighted by atomic mass is 9.47. The second-order valence-corrected chi connectivity index (χ2v) is 12.4. The Bertz CT molecular complexity index is 711. The lowest BCUT2D eigenvalue weighted by Crippen LogP contribution is -2.51. The zero-order valence-electron chi connectivity index (χ0n) is 19.3. The van der Waals surface area contributed by atoms with Gasteiger partial charge in [-0.3, -0.25) is 0 Å². The van der Waals surface area contributed by atoms with Gasteiger partial charge in [0, 0.05) is 5.92 Å². The third-order valence-corrected chi connectivity index (χ3v) is 11.1. The standard InChI is InChI=1S/C27H42O3/c1-16-24-23(30-25(16)29-19-6-4-5-7-19)15-22-20-9-8-17-14-18(28)10-12-26(17,2)21(20)11-13-27(22,24)3/h8,16,18-25,28H,4-7,9-15H2,1-3H3/t16-,18+,20+,21-,22+,23+,24+,25+,26+,27+/m0/s1. The van der Waals surface area contributed by atoms with E-state index >= 15 is 0 Å². The van der Waals surface area contributed by atoms with Crippen molar-refractivity contribution >= 4 is 0 Å². The first-order valence-electron chi connectivity index (χ1n) is 13.1. The van der Waals surface area contributed by atoms with Crippen molar-refractivity contribution < 1.29 is 14.6 Å². The summed E-state index contributed by atoms with van der Waals surface area (Å²) in [5.41, 5.74) is 2.33. The molecule has 0 aromatic carbocycles. The fourth-order valence-corrected chi connectivity index (χ4v) is 9.58. The maximum absolute atomic E-state index is 10.2. The van der Waals surface area contributed by atoms with Crippen LogP contribution in [0.5, 0.6) is 0 Å². The van der Waals surface area contributed by atoms with Gasteiger partial charge in [0.25, 0.3) is 0 Å². The molecular weight excluding hydrogens is 372 g/mol. The molecule has 0 aromatic heterocycles. The number of ether oxygens (including phenoxy) is 2. The molecule has 1 heterocycles. The molecule has 10 atom stereocenters. The van der Waals surface area contributed by atoms with E-state index < -0.39 is 0 Å². The number of aliphatic hydroxyl groups is 1. The van der Waals surface area contributed by atoms with E-state index in [4.69, 9.17) is 9.47 Å². The van der Waals surface area contributed by atoms with Crippen LogP contribution in [0.2, 0.25) is 0 Å². The van der Waals surface area contributed by atoms with E-state index in [1.165, 1.54) is 57.8 Å². The quantitative estimate of drug-likeness (QED) is 0.576. The zero-order valence-corrected chi connectivity index (χ0v) is 19.3. The van der Waals surface area contributed by atoms with E-state index in [2.05, 4.69) is 26.8 Å². The molecule has 5 fully saturated rings. The maximum Gasteiger partial charge on any atom is 0.161 e. The van der Waals surface area contributed by atoms with Crippen molar-refractivity contribution in [3.63, 3.8) is 0 Å². The molecule has 3 heteroatoms. The Morgan fingerprint density at radius 2 is 1.87 bits per heavy atom. The fourth-order valence-electron chi connectivity index (χ4n) is 9.58. The number of allylic oxidation sites excluding steroid dienone is 1. The van der Waals surface area contributed by atoms with Gasteiger partial charge in [0.05, 0.1) is 18.3 Å². The first kappa shape index (κ1) is 20.2. The van der Waals surface area contributed by atoms with Gasteiger partial charge in [0.2, 0.25) is 0 Å². The van der Waals surface area contributed by atoms with Crippen molar-refractivity contribution in [2.45, 2.75) is 116 Å². The molecule has 1 saturated heterocycles. The van der Waals surface area contributed by atoms with Crippen LogP contribution in [0.1, 0.15) is 91.4 Å². The van der Waals surface area contributed by atoms with Gasteiger partial charge in [-0.15, -0.1) is 0 Å². The van der Waals surface area contributed by atoms with Crippen molar-refractivity contribution in [2.75, 3.05) is 0 Å². The fraction of sp³-hybridized carbons (Fsp3) is 0.926. The summed E-state index contributed by atoms with van der Waals surface area (Å²) in [5, 5.41) is 10.2. The van der Waals surface area contributed by atoms with E-state index in [0.29, 0.717) is 34.9 Å². The average Bonchev–Trinajstić information content (AvgIpc) is 3.40. The van der Waals surface area contributed by atoms with Crippen molar-refractivity contribution in [2.24, 2.45) is 40.4 Å². The van der Waals surface area contributed by atoms with Crippen LogP contribution in [-0.2, 0) is 9.47 Å². The van der Waals surface area contributed by atoms with Crippen LogP contribution in [0.4, 0.5) is 0 Å². The molecular formula is C27H42O3. The molecule has 3 nitrogen and oxygen atoms in total. The average molecular weight is 415 g/mol. The summed E-state index contributed by atoms with van der Waals surface area (Å²) in [6, 6.07) is 0. The summed E-state index contributed by atoms with van der Waals surface area (Å²) < 4.78 is 13.2. The van der Waals surface area contributed by atoms with Gasteiger partial charge < -0.3 is 14.6 Å². The number of fused-ring (bicyclic) bond motifs is 7. The Morgan fingerprint density at radius 3 is 2.67 bits per heavy atom. The Morgan fingerprint density at radius 1 is 1.07 bits per heavy atom. The Balaban J connectivity index is 1.23. The van der Waals surface area contributed by atoms with Crippen LogP contribution < -0.4 is 0 Å². The summed E-state index contributed by atoms with van der Waals surface area (Å²) in [6.45, 7) is 7.57. The summed E-state index contributed by atoms with van der Waals surface area (Å²) in [6.07, 6.45) is 16.8. The van der Waals surface area contributed by atoms with Gasteiger partial charge >= 0.3 is 0 Å². The van der Waals surface area contributed by atoms with Crippen molar-refractivity contribution in [1.29, 1.82) is 0 Å². The second-order valence-electron chi connectivity index (χ2n) is 12.4. The minimum Gasteiger partial charge on any atom is -0.393 e. The van der Waals surface area contributed by atoms with Gasteiger partial charge in [0.1, 0.15) is 0 Å². The molecule has 0 spiro atoms. The summed E-state index contributed by atoms with van der Waals surface area (Å²) in [4.78, 5) is 0. The highest BCUT2D eigenvalue weighted by molar-refractivity contribution is 5.26. The third-order valence-electron chi connectivity index (χ3n) is 11.1. The van der Waals surface area contributed by atoms with Gasteiger partial charge in [-0.2, -0.15) is 0 Å². The predicted molar refractivity (Wildman–Crippen MR) is 118 cm³/mol. The molecule has 30 heavy (non-hydrogen) atoms. The van der Waals surface area contributed by atoms with Crippen LogP contribution >= 0.6 is 0 Å². The monoisotopic (exact) mass is 414 g/mol. The zero-order chi connectivity index (χ0) is 20.7. The van der Waals surface area contributed by atoms with Gasteiger partial charge in [-0.1, -0.05) is 45.3 Å². The third kappa shape index (κ3) is 2.80. The molecule has 0 aromatic rings. The minimum atomic E-state index is -0.105. The van der Waals surface area contributed by atoms with Gasteiger partial charge in [-0.25, -0.2) is 0 Å². The summed E-state index contributed by atoms with van der Waals surface area (Å²) in [7, 11) is 0. The number of hydrogen-bond acceptors (Lipinski definition) is 3. The van der Waals surface area contributed by atoms with Gasteiger partial charge in [-0.05, 0) is 92.3 Å².